The van der Waals surface area contributed by atoms with Crippen LogP contribution in [-0.4, -0.2) is 35.7 Å². The van der Waals surface area contributed by atoms with Crippen LogP contribution < -0.4 is 5.32 Å². The van der Waals surface area contributed by atoms with Crippen LogP contribution in [-0.2, 0) is 4.74 Å². The first kappa shape index (κ1) is 14.3. The summed E-state index contributed by atoms with van der Waals surface area (Å²) in [7, 11) is 0. The quantitative estimate of drug-likeness (QED) is 0.926. The zero-order valence-electron chi connectivity index (χ0n) is 12.0. The number of nitrogens with one attached hydrogen (secondary N) is 1. The number of thiophene rings is 1. The van der Waals surface area contributed by atoms with Crippen LogP contribution in [0.15, 0.2) is 16.8 Å². The Morgan fingerprint density at radius 1 is 1.53 bits per heavy atom. The molecule has 0 spiro atoms. The lowest BCUT2D eigenvalue weighted by molar-refractivity contribution is 0.00434. The van der Waals surface area contributed by atoms with Gasteiger partial charge in [-0.05, 0) is 50.1 Å². The van der Waals surface area contributed by atoms with Crippen molar-refractivity contribution in [2.45, 2.75) is 45.4 Å². The summed E-state index contributed by atoms with van der Waals surface area (Å²) in [6.45, 7) is 9.27. The molecule has 4 nitrogen and oxygen atoms in total. The molecule has 1 aromatic heterocycles. The van der Waals surface area contributed by atoms with Gasteiger partial charge in [0.2, 0.25) is 0 Å². The molecule has 0 radical (unpaired) electrons. The highest BCUT2D eigenvalue weighted by atomic mass is 32.1. The number of ether oxygens (including phenoxy) is 1. The van der Waals surface area contributed by atoms with E-state index in [2.05, 4.69) is 29.1 Å². The zero-order chi connectivity index (χ0) is 14.0. The van der Waals surface area contributed by atoms with Crippen LogP contribution in [0.4, 0.5) is 4.79 Å². The average molecular weight is 282 g/mol. The van der Waals surface area contributed by atoms with Gasteiger partial charge in [0.15, 0.2) is 0 Å². The maximum Gasteiger partial charge on any atom is 0.410 e. The van der Waals surface area contributed by atoms with Gasteiger partial charge in [-0.3, -0.25) is 0 Å². The largest absolute Gasteiger partial charge is 0.444 e. The van der Waals surface area contributed by atoms with Gasteiger partial charge in [-0.2, -0.15) is 11.3 Å². The van der Waals surface area contributed by atoms with Crippen molar-refractivity contribution in [3.8, 4) is 0 Å². The monoisotopic (exact) mass is 282 g/mol. The Morgan fingerprint density at radius 2 is 2.21 bits per heavy atom. The fraction of sp³-hybridized carbons (Fsp3) is 0.643. The third-order valence-electron chi connectivity index (χ3n) is 3.06. The van der Waals surface area contributed by atoms with Crippen molar-refractivity contribution in [1.82, 2.24) is 10.2 Å². The first-order valence-corrected chi connectivity index (χ1v) is 7.55. The molecule has 0 saturated carbocycles. The molecule has 1 aliphatic heterocycles. The number of likely N-dealkylation sites (tertiary alicyclic amines) is 1. The Kier molecular flexibility index (Phi) is 4.16. The SMILES string of the molecule is CC(NC1CN(C(=O)OC(C)(C)C)C1)c1ccsc1. The average Bonchev–Trinajstić information content (AvgIpc) is 2.72. The first-order chi connectivity index (χ1) is 8.85. The molecule has 2 rings (SSSR count). The summed E-state index contributed by atoms with van der Waals surface area (Å²) in [4.78, 5) is 13.5. The maximum atomic E-state index is 11.8. The van der Waals surface area contributed by atoms with E-state index in [1.807, 2.05) is 20.8 Å². The van der Waals surface area contributed by atoms with Crippen LogP contribution in [0.5, 0.6) is 0 Å². The lowest BCUT2D eigenvalue weighted by Crippen LogP contribution is -2.60. The van der Waals surface area contributed by atoms with E-state index in [-0.39, 0.29) is 6.09 Å². The Bertz CT molecular complexity index is 419. The Morgan fingerprint density at radius 3 is 2.74 bits per heavy atom. The van der Waals surface area contributed by atoms with Crippen LogP contribution in [0.3, 0.4) is 0 Å². The van der Waals surface area contributed by atoms with Crippen molar-refractivity contribution in [1.29, 1.82) is 0 Å². The van der Waals surface area contributed by atoms with Gasteiger partial charge in [-0.15, -0.1) is 0 Å². The first-order valence-electron chi connectivity index (χ1n) is 6.61. The second-order valence-corrected chi connectivity index (χ2v) is 6.81. The molecule has 1 amide bonds. The summed E-state index contributed by atoms with van der Waals surface area (Å²) in [5.41, 5.74) is 0.889. The van der Waals surface area contributed by atoms with Gasteiger partial charge in [-0.1, -0.05) is 0 Å². The minimum absolute atomic E-state index is 0.214. The van der Waals surface area contributed by atoms with Crippen molar-refractivity contribution in [2.24, 2.45) is 0 Å². The lowest BCUT2D eigenvalue weighted by atomic mass is 10.1. The van der Waals surface area contributed by atoms with Crippen molar-refractivity contribution in [2.75, 3.05) is 13.1 Å². The van der Waals surface area contributed by atoms with E-state index in [9.17, 15) is 4.79 Å². The van der Waals surface area contributed by atoms with Gasteiger partial charge < -0.3 is 15.0 Å². The number of rotatable bonds is 3. The van der Waals surface area contributed by atoms with Crippen LogP contribution in [0.1, 0.15) is 39.3 Å². The minimum Gasteiger partial charge on any atom is -0.444 e. The summed E-state index contributed by atoms with van der Waals surface area (Å²) < 4.78 is 5.33. The lowest BCUT2D eigenvalue weighted by Gasteiger charge is -2.41. The van der Waals surface area contributed by atoms with Crippen molar-refractivity contribution < 1.29 is 9.53 Å². The second-order valence-electron chi connectivity index (χ2n) is 6.03. The summed E-state index contributed by atoms with van der Waals surface area (Å²) >= 11 is 1.71. The summed E-state index contributed by atoms with van der Waals surface area (Å²) in [5, 5.41) is 7.76. The fourth-order valence-electron chi connectivity index (χ4n) is 2.03. The highest BCUT2D eigenvalue weighted by molar-refractivity contribution is 7.07. The molecule has 1 fully saturated rings. The summed E-state index contributed by atoms with van der Waals surface area (Å²) in [6, 6.07) is 2.83. The maximum absolute atomic E-state index is 11.8. The third kappa shape index (κ3) is 3.94. The normalized spacial score (nSPS) is 18.0. The molecule has 5 heteroatoms. The van der Waals surface area contributed by atoms with E-state index in [4.69, 9.17) is 4.74 Å². The van der Waals surface area contributed by atoms with E-state index in [0.717, 1.165) is 13.1 Å². The molecule has 106 valence electrons. The van der Waals surface area contributed by atoms with Gasteiger partial charge in [0, 0.05) is 25.2 Å². The Balaban J connectivity index is 1.73. The summed E-state index contributed by atoms with van der Waals surface area (Å²) in [6.07, 6.45) is -0.214. The number of hydrogen-bond donors (Lipinski definition) is 1. The zero-order valence-corrected chi connectivity index (χ0v) is 12.8. The second kappa shape index (κ2) is 5.51. The number of carbonyl (C=O) groups is 1. The number of hydrogen-bond acceptors (Lipinski definition) is 4. The van der Waals surface area contributed by atoms with E-state index in [1.54, 1.807) is 16.2 Å². The van der Waals surface area contributed by atoms with Crippen molar-refractivity contribution in [3.63, 3.8) is 0 Å². The van der Waals surface area contributed by atoms with Gasteiger partial charge in [0.25, 0.3) is 0 Å². The molecule has 0 aromatic carbocycles. The van der Waals surface area contributed by atoms with Crippen LogP contribution in [0.2, 0.25) is 0 Å². The predicted octanol–water partition coefficient (Wildman–Crippen LogP) is 3.02. The molecule has 1 unspecified atom stereocenters. The predicted molar refractivity (Wildman–Crippen MR) is 77.5 cm³/mol. The molecule has 2 heterocycles. The van der Waals surface area contributed by atoms with Crippen molar-refractivity contribution >= 4 is 17.4 Å². The third-order valence-corrected chi connectivity index (χ3v) is 3.76. The standard InChI is InChI=1S/C14H22N2O2S/c1-10(11-5-6-19-9-11)15-12-7-16(8-12)13(17)18-14(2,3)4/h5-6,9-10,12,15H,7-8H2,1-4H3. The van der Waals surface area contributed by atoms with Gasteiger partial charge in [-0.25, -0.2) is 4.79 Å². The van der Waals surface area contributed by atoms with Gasteiger partial charge >= 0.3 is 6.09 Å². The summed E-state index contributed by atoms with van der Waals surface area (Å²) in [5.74, 6) is 0. The smallest absolute Gasteiger partial charge is 0.410 e. The highest BCUT2D eigenvalue weighted by Crippen LogP contribution is 2.20. The molecular formula is C14H22N2O2S. The molecular weight excluding hydrogens is 260 g/mol. The van der Waals surface area contributed by atoms with Gasteiger partial charge in [0.1, 0.15) is 5.60 Å². The fourth-order valence-corrected chi connectivity index (χ4v) is 2.78. The highest BCUT2D eigenvalue weighted by Gasteiger charge is 2.34. The molecule has 0 bridgehead atoms. The number of amides is 1. The van der Waals surface area contributed by atoms with Gasteiger partial charge in [0.05, 0.1) is 0 Å². The van der Waals surface area contributed by atoms with E-state index < -0.39 is 5.60 Å². The topological polar surface area (TPSA) is 41.6 Å². The molecule has 1 atom stereocenters. The van der Waals surface area contributed by atoms with Crippen LogP contribution in [0.25, 0.3) is 0 Å². The molecule has 1 saturated heterocycles. The Labute approximate surface area is 118 Å². The van der Waals surface area contributed by atoms with Crippen LogP contribution in [0, 0.1) is 0 Å². The molecule has 19 heavy (non-hydrogen) atoms. The molecule has 0 aliphatic carbocycles. The van der Waals surface area contributed by atoms with E-state index >= 15 is 0 Å². The molecule has 1 aliphatic rings. The number of carbonyl (C=O) groups excluding carboxylic acids is 1. The van der Waals surface area contributed by atoms with E-state index in [1.165, 1.54) is 5.56 Å². The van der Waals surface area contributed by atoms with Crippen LogP contribution >= 0.6 is 11.3 Å². The molecule has 1 N–H and O–H groups in total. The van der Waals surface area contributed by atoms with E-state index in [0.29, 0.717) is 12.1 Å². The minimum atomic E-state index is -0.417. The number of nitrogens with zero attached hydrogens (tertiary/aromatic N) is 1. The van der Waals surface area contributed by atoms with Crippen molar-refractivity contribution in [3.05, 3.63) is 22.4 Å². The molecule has 1 aromatic rings. The Hall–Kier alpha value is -1.07.